The van der Waals surface area contributed by atoms with Crippen LogP contribution in [0.3, 0.4) is 0 Å². The highest BCUT2D eigenvalue weighted by atomic mass is 15.2. The molecular formula is C10H20N4. The molecule has 1 heterocycles. The minimum absolute atomic E-state index is 0.795. The van der Waals surface area contributed by atoms with Crippen molar-refractivity contribution in [2.24, 2.45) is 5.73 Å². The Morgan fingerprint density at radius 2 is 2.29 bits per heavy atom. The lowest BCUT2D eigenvalue weighted by Gasteiger charge is -2.07. The number of nitrogens with one attached hydrogen (secondary N) is 1. The summed E-state index contributed by atoms with van der Waals surface area (Å²) in [6.07, 6.45) is 7.28. The maximum absolute atomic E-state index is 5.41. The van der Waals surface area contributed by atoms with Crippen LogP contribution in [0.2, 0.25) is 0 Å². The first kappa shape index (κ1) is 11.0. The first-order valence-electron chi connectivity index (χ1n) is 5.33. The fourth-order valence-corrected chi connectivity index (χ4v) is 1.38. The first-order chi connectivity index (χ1) is 6.88. The third-order valence-electron chi connectivity index (χ3n) is 2.22. The van der Waals surface area contributed by atoms with E-state index in [9.17, 15) is 0 Å². The van der Waals surface area contributed by atoms with Crippen LogP contribution in [0.25, 0.3) is 0 Å². The van der Waals surface area contributed by atoms with Gasteiger partial charge in [-0.1, -0.05) is 6.42 Å². The molecule has 0 atom stereocenters. The second-order valence-electron chi connectivity index (χ2n) is 3.31. The van der Waals surface area contributed by atoms with E-state index in [1.807, 2.05) is 12.4 Å². The summed E-state index contributed by atoms with van der Waals surface area (Å²) in [5, 5.41) is 3.31. The Labute approximate surface area is 85.5 Å². The van der Waals surface area contributed by atoms with E-state index in [1.165, 1.54) is 6.42 Å². The molecule has 0 aliphatic carbocycles. The lowest BCUT2D eigenvalue weighted by Crippen LogP contribution is -2.08. The van der Waals surface area contributed by atoms with Crippen LogP contribution in [0, 0.1) is 0 Å². The van der Waals surface area contributed by atoms with Crippen molar-refractivity contribution in [2.45, 2.75) is 32.7 Å². The summed E-state index contributed by atoms with van der Waals surface area (Å²) in [5.41, 5.74) is 5.41. The van der Waals surface area contributed by atoms with Gasteiger partial charge in [0.2, 0.25) is 5.95 Å². The Morgan fingerprint density at radius 1 is 1.43 bits per heavy atom. The van der Waals surface area contributed by atoms with E-state index in [-0.39, 0.29) is 0 Å². The van der Waals surface area contributed by atoms with Gasteiger partial charge < -0.3 is 15.6 Å². The number of imidazole rings is 1. The van der Waals surface area contributed by atoms with Crippen molar-refractivity contribution in [3.63, 3.8) is 0 Å². The lowest BCUT2D eigenvalue weighted by molar-refractivity contribution is 0.697. The zero-order valence-electron chi connectivity index (χ0n) is 8.87. The normalized spacial score (nSPS) is 10.4. The molecule has 3 N–H and O–H groups in total. The van der Waals surface area contributed by atoms with Gasteiger partial charge in [0.15, 0.2) is 0 Å². The average Bonchev–Trinajstić information content (AvgIpc) is 2.65. The average molecular weight is 196 g/mol. The van der Waals surface area contributed by atoms with E-state index < -0.39 is 0 Å². The molecule has 4 heteroatoms. The zero-order valence-corrected chi connectivity index (χ0v) is 8.87. The second kappa shape index (κ2) is 6.43. The Hall–Kier alpha value is -1.03. The van der Waals surface area contributed by atoms with Crippen LogP contribution in [0.5, 0.6) is 0 Å². The summed E-state index contributed by atoms with van der Waals surface area (Å²) in [5.74, 6) is 0.972. The Balaban J connectivity index is 2.17. The molecule has 0 aliphatic rings. The Bertz CT molecular complexity index is 244. The van der Waals surface area contributed by atoms with Gasteiger partial charge in [0, 0.05) is 25.5 Å². The minimum Gasteiger partial charge on any atom is -0.356 e. The van der Waals surface area contributed by atoms with Crippen LogP contribution in [-0.2, 0) is 6.54 Å². The van der Waals surface area contributed by atoms with Gasteiger partial charge in [0.05, 0.1) is 0 Å². The van der Waals surface area contributed by atoms with Crippen molar-refractivity contribution in [3.05, 3.63) is 12.4 Å². The summed E-state index contributed by atoms with van der Waals surface area (Å²) >= 11 is 0. The number of nitrogens with two attached hydrogens (primary N) is 1. The van der Waals surface area contributed by atoms with Crippen molar-refractivity contribution >= 4 is 5.95 Å². The molecular weight excluding hydrogens is 176 g/mol. The first-order valence-corrected chi connectivity index (χ1v) is 5.33. The predicted molar refractivity (Wildman–Crippen MR) is 59.3 cm³/mol. The SMILES string of the molecule is CCn1ccnc1NCCCCCN. The van der Waals surface area contributed by atoms with Crippen molar-refractivity contribution in [3.8, 4) is 0 Å². The number of unbranched alkanes of at least 4 members (excludes halogenated alkanes) is 2. The zero-order chi connectivity index (χ0) is 10.2. The number of aromatic nitrogens is 2. The Morgan fingerprint density at radius 3 is 3.00 bits per heavy atom. The molecule has 0 saturated carbocycles. The fourth-order valence-electron chi connectivity index (χ4n) is 1.38. The molecule has 0 radical (unpaired) electrons. The molecule has 0 unspecified atom stereocenters. The lowest BCUT2D eigenvalue weighted by atomic mass is 10.2. The molecule has 0 saturated heterocycles. The Kier molecular flexibility index (Phi) is 5.07. The van der Waals surface area contributed by atoms with Gasteiger partial charge in [-0.25, -0.2) is 4.98 Å². The molecule has 14 heavy (non-hydrogen) atoms. The summed E-state index contributed by atoms with van der Waals surface area (Å²) in [6.45, 7) is 4.85. The topological polar surface area (TPSA) is 55.9 Å². The van der Waals surface area contributed by atoms with Crippen LogP contribution in [-0.4, -0.2) is 22.6 Å². The number of aryl methyl sites for hydroxylation is 1. The largest absolute Gasteiger partial charge is 0.356 e. The maximum atomic E-state index is 5.41. The summed E-state index contributed by atoms with van der Waals surface area (Å²) in [4.78, 5) is 4.23. The van der Waals surface area contributed by atoms with Gasteiger partial charge in [0.25, 0.3) is 0 Å². The van der Waals surface area contributed by atoms with E-state index in [0.717, 1.165) is 38.4 Å². The van der Waals surface area contributed by atoms with Gasteiger partial charge >= 0.3 is 0 Å². The predicted octanol–water partition coefficient (Wildman–Crippen LogP) is 1.44. The van der Waals surface area contributed by atoms with Gasteiger partial charge in [-0.2, -0.15) is 0 Å². The smallest absolute Gasteiger partial charge is 0.202 e. The summed E-state index contributed by atoms with van der Waals surface area (Å²) in [7, 11) is 0. The van der Waals surface area contributed by atoms with E-state index in [1.54, 1.807) is 0 Å². The highest BCUT2D eigenvalue weighted by Crippen LogP contribution is 2.04. The quantitative estimate of drug-likeness (QED) is 0.649. The number of anilines is 1. The number of hydrogen-bond acceptors (Lipinski definition) is 3. The van der Waals surface area contributed by atoms with Crippen LogP contribution in [0.15, 0.2) is 12.4 Å². The van der Waals surface area contributed by atoms with E-state index >= 15 is 0 Å². The summed E-state index contributed by atoms with van der Waals surface area (Å²) < 4.78 is 2.10. The van der Waals surface area contributed by atoms with Crippen LogP contribution >= 0.6 is 0 Å². The van der Waals surface area contributed by atoms with Gasteiger partial charge in [-0.15, -0.1) is 0 Å². The van der Waals surface area contributed by atoms with Crippen molar-refractivity contribution in [1.29, 1.82) is 0 Å². The fraction of sp³-hybridized carbons (Fsp3) is 0.700. The third-order valence-corrected chi connectivity index (χ3v) is 2.22. The maximum Gasteiger partial charge on any atom is 0.202 e. The monoisotopic (exact) mass is 196 g/mol. The standard InChI is InChI=1S/C10H20N4/c1-2-14-9-8-13-10(14)12-7-5-3-4-6-11/h8-9H,2-7,11H2,1H3,(H,12,13). The molecule has 4 nitrogen and oxygen atoms in total. The molecule has 1 rings (SSSR count). The molecule has 0 spiro atoms. The van der Waals surface area contributed by atoms with E-state index in [2.05, 4.69) is 21.8 Å². The number of rotatable bonds is 7. The van der Waals surface area contributed by atoms with Gasteiger partial charge in [-0.3, -0.25) is 0 Å². The molecule has 0 amide bonds. The highest BCUT2D eigenvalue weighted by molar-refractivity contribution is 5.25. The molecule has 1 aromatic rings. The molecule has 0 aliphatic heterocycles. The summed E-state index contributed by atoms with van der Waals surface area (Å²) in [6, 6.07) is 0. The molecule has 80 valence electrons. The number of nitrogens with zero attached hydrogens (tertiary/aromatic N) is 2. The van der Waals surface area contributed by atoms with Crippen molar-refractivity contribution < 1.29 is 0 Å². The minimum atomic E-state index is 0.795. The molecule has 0 fully saturated rings. The molecule has 1 aromatic heterocycles. The van der Waals surface area contributed by atoms with Crippen molar-refractivity contribution in [1.82, 2.24) is 9.55 Å². The third kappa shape index (κ3) is 3.38. The second-order valence-corrected chi connectivity index (χ2v) is 3.31. The molecule has 0 bridgehead atoms. The van der Waals surface area contributed by atoms with E-state index in [0.29, 0.717) is 0 Å². The van der Waals surface area contributed by atoms with Crippen LogP contribution in [0.1, 0.15) is 26.2 Å². The van der Waals surface area contributed by atoms with Crippen molar-refractivity contribution in [2.75, 3.05) is 18.4 Å². The highest BCUT2D eigenvalue weighted by Gasteiger charge is 1.98. The van der Waals surface area contributed by atoms with Crippen LogP contribution < -0.4 is 11.1 Å². The molecule has 0 aromatic carbocycles. The van der Waals surface area contributed by atoms with E-state index in [4.69, 9.17) is 5.73 Å². The van der Waals surface area contributed by atoms with Gasteiger partial charge in [0.1, 0.15) is 0 Å². The number of hydrogen-bond donors (Lipinski definition) is 2. The van der Waals surface area contributed by atoms with Crippen LogP contribution in [0.4, 0.5) is 5.95 Å². The van der Waals surface area contributed by atoms with Gasteiger partial charge in [-0.05, 0) is 26.3 Å².